The van der Waals surface area contributed by atoms with Gasteiger partial charge in [-0.1, -0.05) is 61.6 Å². The van der Waals surface area contributed by atoms with E-state index in [0.717, 1.165) is 41.1 Å². The van der Waals surface area contributed by atoms with Crippen LogP contribution >= 0.6 is 0 Å². The van der Waals surface area contributed by atoms with Gasteiger partial charge in [0.2, 0.25) is 0 Å². The van der Waals surface area contributed by atoms with Crippen LogP contribution in [0.1, 0.15) is 42.7 Å². The van der Waals surface area contributed by atoms with E-state index in [1.165, 1.54) is 16.7 Å². The Morgan fingerprint density at radius 2 is 1.97 bits per heavy atom. The number of aromatic nitrogens is 2. The van der Waals surface area contributed by atoms with Crippen LogP contribution < -0.4 is 4.74 Å². The summed E-state index contributed by atoms with van der Waals surface area (Å²) in [4.78, 5) is 18.4. The normalized spacial score (nSPS) is 12.2. The third-order valence-electron chi connectivity index (χ3n) is 5.09. The second-order valence-corrected chi connectivity index (χ2v) is 7.83. The smallest absolute Gasteiger partial charge is 0.145 e. The number of allylic oxidation sites excluding steroid dienone is 6. The molecule has 4 nitrogen and oxygen atoms in total. The molecule has 0 aliphatic carbocycles. The van der Waals surface area contributed by atoms with E-state index >= 15 is 0 Å². The second-order valence-electron chi connectivity index (χ2n) is 7.83. The minimum Gasteiger partial charge on any atom is -0.489 e. The molecular weight excluding hydrogens is 408 g/mol. The van der Waals surface area contributed by atoms with E-state index in [-0.39, 0.29) is 0 Å². The first-order chi connectivity index (χ1) is 16.0. The Morgan fingerprint density at radius 3 is 2.67 bits per heavy atom. The van der Waals surface area contributed by atoms with Crippen molar-refractivity contribution in [2.45, 2.75) is 33.8 Å². The third-order valence-corrected chi connectivity index (χ3v) is 5.09. The fraction of sp³-hybridized carbons (Fsp3) is 0.172. The number of imidazole rings is 1. The van der Waals surface area contributed by atoms with Gasteiger partial charge in [0, 0.05) is 5.56 Å². The monoisotopic (exact) mass is 438 g/mol. The number of hydrogen-bond acceptors (Lipinski definition) is 3. The van der Waals surface area contributed by atoms with Crippen LogP contribution in [0.4, 0.5) is 0 Å². The zero-order valence-corrected chi connectivity index (χ0v) is 19.5. The van der Waals surface area contributed by atoms with Gasteiger partial charge < -0.3 is 9.72 Å². The van der Waals surface area contributed by atoms with Crippen LogP contribution in [0.2, 0.25) is 0 Å². The van der Waals surface area contributed by atoms with Crippen LogP contribution in [-0.2, 0) is 11.4 Å². The second kappa shape index (κ2) is 11.6. The van der Waals surface area contributed by atoms with Crippen LogP contribution in [0.3, 0.4) is 0 Å². The van der Waals surface area contributed by atoms with Gasteiger partial charge in [-0.15, -0.1) is 0 Å². The van der Waals surface area contributed by atoms with Gasteiger partial charge >= 0.3 is 0 Å². The molecule has 4 heteroatoms. The first kappa shape index (κ1) is 23.7. The highest BCUT2D eigenvalue weighted by molar-refractivity contribution is 5.80. The Labute approximate surface area is 196 Å². The summed E-state index contributed by atoms with van der Waals surface area (Å²) in [7, 11) is 0. The van der Waals surface area contributed by atoms with Gasteiger partial charge in [-0.25, -0.2) is 4.98 Å². The van der Waals surface area contributed by atoms with Gasteiger partial charge in [-0.05, 0) is 72.9 Å². The Bertz CT molecular complexity index is 1190. The number of rotatable bonds is 10. The lowest BCUT2D eigenvalue weighted by molar-refractivity contribution is -0.104. The number of carbonyl (C=O) groups excluding carboxylic acids is 1. The Kier molecular flexibility index (Phi) is 8.36. The lowest BCUT2D eigenvalue weighted by atomic mass is 9.97. The van der Waals surface area contributed by atoms with E-state index in [1.54, 1.807) is 25.3 Å². The molecule has 3 rings (SSSR count). The van der Waals surface area contributed by atoms with Crippen molar-refractivity contribution in [2.75, 3.05) is 0 Å². The van der Waals surface area contributed by atoms with Crippen molar-refractivity contribution in [2.24, 2.45) is 0 Å². The minimum absolute atomic E-state index is 0.472. The summed E-state index contributed by atoms with van der Waals surface area (Å²) >= 11 is 0. The van der Waals surface area contributed by atoms with Gasteiger partial charge in [0.05, 0.1) is 11.9 Å². The number of H-pyrrole nitrogens is 1. The summed E-state index contributed by atoms with van der Waals surface area (Å²) < 4.78 is 6.13. The van der Waals surface area contributed by atoms with Crippen LogP contribution in [-0.4, -0.2) is 16.3 Å². The van der Waals surface area contributed by atoms with E-state index in [0.29, 0.717) is 12.2 Å². The van der Waals surface area contributed by atoms with Crippen LogP contribution in [0.15, 0.2) is 85.1 Å². The quantitative estimate of drug-likeness (QED) is 0.209. The zero-order valence-electron chi connectivity index (χ0n) is 19.5. The molecule has 0 bridgehead atoms. The number of benzene rings is 2. The fourth-order valence-electron chi connectivity index (χ4n) is 3.49. The third kappa shape index (κ3) is 6.53. The molecule has 0 fully saturated rings. The van der Waals surface area contributed by atoms with Gasteiger partial charge in [-0.2, -0.15) is 0 Å². The lowest BCUT2D eigenvalue weighted by Crippen LogP contribution is -2.00. The highest BCUT2D eigenvalue weighted by Crippen LogP contribution is 2.26. The summed E-state index contributed by atoms with van der Waals surface area (Å²) in [6.07, 6.45) is 13.3. The highest BCUT2D eigenvalue weighted by Gasteiger charge is 2.08. The first-order valence-corrected chi connectivity index (χ1v) is 11.0. The Balaban J connectivity index is 1.76. The average molecular weight is 439 g/mol. The zero-order chi connectivity index (χ0) is 23.6. The van der Waals surface area contributed by atoms with E-state index < -0.39 is 0 Å². The minimum atomic E-state index is 0.472. The van der Waals surface area contributed by atoms with Gasteiger partial charge in [0.25, 0.3) is 0 Å². The van der Waals surface area contributed by atoms with Crippen molar-refractivity contribution in [3.8, 4) is 17.1 Å². The number of ether oxygens (including phenoxy) is 1. The highest BCUT2D eigenvalue weighted by atomic mass is 16.5. The first-order valence-electron chi connectivity index (χ1n) is 11.0. The molecule has 1 heterocycles. The topological polar surface area (TPSA) is 55.0 Å². The molecule has 0 radical (unpaired) electrons. The molecule has 2 aromatic carbocycles. The molecule has 0 aliphatic rings. The van der Waals surface area contributed by atoms with Crippen molar-refractivity contribution in [1.29, 1.82) is 0 Å². The summed E-state index contributed by atoms with van der Waals surface area (Å²) in [5.74, 6) is 1.54. The van der Waals surface area contributed by atoms with Gasteiger partial charge in [0.1, 0.15) is 24.5 Å². The van der Waals surface area contributed by atoms with Gasteiger partial charge in [-0.3, -0.25) is 4.79 Å². The number of aryl methyl sites for hydroxylation is 1. The van der Waals surface area contributed by atoms with Crippen LogP contribution in [0.25, 0.3) is 23.0 Å². The van der Waals surface area contributed by atoms with Crippen molar-refractivity contribution >= 4 is 17.9 Å². The molecule has 0 saturated heterocycles. The van der Waals surface area contributed by atoms with E-state index in [1.807, 2.05) is 30.3 Å². The molecule has 168 valence electrons. The van der Waals surface area contributed by atoms with Crippen molar-refractivity contribution < 1.29 is 9.53 Å². The maximum atomic E-state index is 10.8. The van der Waals surface area contributed by atoms with Crippen molar-refractivity contribution in [3.63, 3.8) is 0 Å². The van der Waals surface area contributed by atoms with E-state index in [2.05, 4.69) is 60.7 Å². The largest absolute Gasteiger partial charge is 0.489 e. The number of nitrogens with zero attached hydrogens (tertiary/aromatic N) is 1. The van der Waals surface area contributed by atoms with Crippen LogP contribution in [0, 0.1) is 6.92 Å². The molecule has 1 N–H and O–H groups in total. The van der Waals surface area contributed by atoms with E-state index in [4.69, 9.17) is 4.74 Å². The summed E-state index contributed by atoms with van der Waals surface area (Å²) in [6, 6.07) is 14.3. The predicted octanol–water partition coefficient (Wildman–Crippen LogP) is 7.10. The lowest BCUT2D eigenvalue weighted by Gasteiger charge is -2.14. The number of nitrogens with one attached hydrogen (secondary N) is 1. The SMILES string of the molecule is C=C/C=C\C(=C/CC)c1ccc(C)cc1COc1ccc(-c2ncc(/C=C(\C)C=O)[nH]2)cc1. The van der Waals surface area contributed by atoms with E-state index in [9.17, 15) is 4.79 Å². The molecule has 3 aromatic rings. The maximum Gasteiger partial charge on any atom is 0.145 e. The van der Waals surface area contributed by atoms with Gasteiger partial charge in [0.15, 0.2) is 0 Å². The standard InChI is InChI=1S/C29H30N2O2/c1-5-7-9-23(8-6-2)28-15-10-21(3)16-25(28)20-33-27-13-11-24(12-14-27)29-30-18-26(31-29)17-22(4)19-32/h5,7-19H,1,6,20H2,2-4H3,(H,30,31)/b9-7-,22-17+,23-8+. The Morgan fingerprint density at radius 1 is 1.18 bits per heavy atom. The molecule has 0 atom stereocenters. The van der Waals surface area contributed by atoms with Crippen molar-refractivity contribution in [3.05, 3.63) is 108 Å². The maximum absolute atomic E-state index is 10.8. The molecule has 1 aromatic heterocycles. The summed E-state index contributed by atoms with van der Waals surface area (Å²) in [5.41, 5.74) is 7.05. The number of aldehydes is 1. The molecule has 0 unspecified atom stereocenters. The summed E-state index contributed by atoms with van der Waals surface area (Å²) in [5, 5.41) is 0. The molecule has 0 amide bonds. The average Bonchev–Trinajstić information content (AvgIpc) is 3.29. The number of hydrogen-bond donors (Lipinski definition) is 1. The molecule has 0 aliphatic heterocycles. The molecule has 33 heavy (non-hydrogen) atoms. The van der Waals surface area contributed by atoms with Crippen molar-refractivity contribution in [1.82, 2.24) is 9.97 Å². The van der Waals surface area contributed by atoms with Crippen LogP contribution in [0.5, 0.6) is 5.75 Å². The number of carbonyl (C=O) groups is 1. The molecular formula is C29H30N2O2. The number of aromatic amines is 1. The summed E-state index contributed by atoms with van der Waals surface area (Å²) in [6.45, 7) is 10.2. The fourth-order valence-corrected chi connectivity index (χ4v) is 3.49. The molecule has 0 spiro atoms. The predicted molar refractivity (Wildman–Crippen MR) is 137 cm³/mol. The molecule has 0 saturated carbocycles. The Hall–Kier alpha value is -3.92.